The maximum absolute atomic E-state index is 3.57. The number of likely N-dealkylation sites (N-methyl/N-ethyl adjacent to an activating group) is 1. The first-order chi connectivity index (χ1) is 6.65. The molecule has 0 saturated carbocycles. The van der Waals surface area contributed by atoms with Gasteiger partial charge in [0.15, 0.2) is 0 Å². The summed E-state index contributed by atoms with van der Waals surface area (Å²) in [6.07, 6.45) is 2.26. The van der Waals surface area contributed by atoms with E-state index in [0.29, 0.717) is 6.04 Å². The van der Waals surface area contributed by atoms with Gasteiger partial charge in [-0.15, -0.1) is 11.3 Å². The van der Waals surface area contributed by atoms with Crippen LogP contribution in [0.4, 0.5) is 0 Å². The molecular weight excluding hydrogens is 258 g/mol. The second-order valence-corrected chi connectivity index (χ2v) is 5.21. The van der Waals surface area contributed by atoms with Gasteiger partial charge in [0.25, 0.3) is 0 Å². The van der Waals surface area contributed by atoms with E-state index in [0.717, 1.165) is 6.54 Å². The monoisotopic (exact) mass is 273 g/mol. The largest absolute Gasteiger partial charge is 0.306 e. The number of hydrogen-bond donors (Lipinski definition) is 1. The number of nitrogens with one attached hydrogen (secondary N) is 1. The highest BCUT2D eigenvalue weighted by molar-refractivity contribution is 9.10. The van der Waals surface area contributed by atoms with Crippen molar-refractivity contribution in [2.75, 3.05) is 6.54 Å². The van der Waals surface area contributed by atoms with Gasteiger partial charge >= 0.3 is 0 Å². The van der Waals surface area contributed by atoms with E-state index in [9.17, 15) is 0 Å². The average molecular weight is 274 g/mol. The number of allylic oxidation sites excluding steroid dienone is 1. The standard InChI is InChI=1S/C11H16BrNS/c1-4-13-10(7-8(2)3)11-9(12)5-6-14-11/h5-7,10,13H,4H2,1-3H3. The lowest BCUT2D eigenvalue weighted by atomic mass is 10.1. The first-order valence-corrected chi connectivity index (χ1v) is 6.43. The Hall–Kier alpha value is -0.120. The van der Waals surface area contributed by atoms with Gasteiger partial charge in [-0.2, -0.15) is 0 Å². The molecule has 1 N–H and O–H groups in total. The maximum Gasteiger partial charge on any atom is 0.0614 e. The minimum atomic E-state index is 0.347. The SMILES string of the molecule is CCNC(C=C(C)C)c1sccc1Br. The summed E-state index contributed by atoms with van der Waals surface area (Å²) in [5.74, 6) is 0. The lowest BCUT2D eigenvalue weighted by Crippen LogP contribution is -2.18. The van der Waals surface area contributed by atoms with E-state index in [2.05, 4.69) is 59.5 Å². The van der Waals surface area contributed by atoms with Crippen molar-refractivity contribution in [3.05, 3.63) is 32.4 Å². The van der Waals surface area contributed by atoms with E-state index in [1.165, 1.54) is 14.9 Å². The molecule has 0 aliphatic heterocycles. The van der Waals surface area contributed by atoms with Gasteiger partial charge in [0.1, 0.15) is 0 Å². The van der Waals surface area contributed by atoms with Crippen molar-refractivity contribution in [3.8, 4) is 0 Å². The number of hydrogen-bond acceptors (Lipinski definition) is 2. The van der Waals surface area contributed by atoms with Crippen LogP contribution in [-0.4, -0.2) is 6.54 Å². The van der Waals surface area contributed by atoms with Crippen LogP contribution in [0.25, 0.3) is 0 Å². The quantitative estimate of drug-likeness (QED) is 0.814. The fraction of sp³-hybridized carbons (Fsp3) is 0.455. The summed E-state index contributed by atoms with van der Waals surface area (Å²) in [5.41, 5.74) is 1.34. The molecule has 0 aromatic carbocycles. The number of halogens is 1. The minimum Gasteiger partial charge on any atom is -0.306 e. The second kappa shape index (κ2) is 5.69. The zero-order valence-electron chi connectivity index (χ0n) is 8.80. The van der Waals surface area contributed by atoms with Crippen molar-refractivity contribution in [3.63, 3.8) is 0 Å². The molecule has 1 aromatic rings. The molecule has 0 bridgehead atoms. The third-order valence-corrected chi connectivity index (χ3v) is 3.81. The summed E-state index contributed by atoms with van der Waals surface area (Å²) in [6, 6.07) is 2.45. The Morgan fingerprint density at radius 3 is 2.79 bits per heavy atom. The average Bonchev–Trinajstić information content (AvgIpc) is 2.50. The van der Waals surface area contributed by atoms with Crippen LogP contribution in [0.3, 0.4) is 0 Å². The molecular formula is C11H16BrNS. The first-order valence-electron chi connectivity index (χ1n) is 4.76. The van der Waals surface area contributed by atoms with Crippen molar-refractivity contribution in [2.45, 2.75) is 26.8 Å². The Bertz CT molecular complexity index is 313. The number of rotatable bonds is 4. The van der Waals surface area contributed by atoms with E-state index in [1.54, 1.807) is 11.3 Å². The van der Waals surface area contributed by atoms with Crippen molar-refractivity contribution in [1.82, 2.24) is 5.32 Å². The first kappa shape index (κ1) is 12.0. The van der Waals surface area contributed by atoms with Crippen LogP contribution in [0.2, 0.25) is 0 Å². The van der Waals surface area contributed by atoms with Crippen LogP contribution in [0.5, 0.6) is 0 Å². The summed E-state index contributed by atoms with van der Waals surface area (Å²) in [5, 5.41) is 5.57. The van der Waals surface area contributed by atoms with Crippen LogP contribution >= 0.6 is 27.3 Å². The van der Waals surface area contributed by atoms with E-state index in [4.69, 9.17) is 0 Å². The van der Waals surface area contributed by atoms with E-state index in [1.807, 2.05) is 0 Å². The molecule has 1 unspecified atom stereocenters. The van der Waals surface area contributed by atoms with Crippen molar-refractivity contribution >= 4 is 27.3 Å². The van der Waals surface area contributed by atoms with Crippen LogP contribution < -0.4 is 5.32 Å². The molecule has 0 aliphatic rings. The topological polar surface area (TPSA) is 12.0 Å². The van der Waals surface area contributed by atoms with Gasteiger partial charge in [0, 0.05) is 9.35 Å². The summed E-state index contributed by atoms with van der Waals surface area (Å²) in [6.45, 7) is 7.38. The summed E-state index contributed by atoms with van der Waals surface area (Å²) in [4.78, 5) is 1.35. The molecule has 1 nitrogen and oxygen atoms in total. The third-order valence-electron chi connectivity index (χ3n) is 1.85. The summed E-state index contributed by atoms with van der Waals surface area (Å²) < 4.78 is 1.20. The molecule has 0 amide bonds. The Morgan fingerprint density at radius 2 is 2.36 bits per heavy atom. The Kier molecular flexibility index (Phi) is 4.85. The van der Waals surface area contributed by atoms with Gasteiger partial charge in [-0.3, -0.25) is 0 Å². The zero-order valence-corrected chi connectivity index (χ0v) is 11.2. The lowest BCUT2D eigenvalue weighted by molar-refractivity contribution is 0.652. The van der Waals surface area contributed by atoms with E-state index in [-0.39, 0.29) is 0 Å². The smallest absolute Gasteiger partial charge is 0.0614 e. The molecule has 3 heteroatoms. The van der Waals surface area contributed by atoms with Crippen LogP contribution in [0.15, 0.2) is 27.6 Å². The van der Waals surface area contributed by atoms with Crippen molar-refractivity contribution < 1.29 is 0 Å². The van der Waals surface area contributed by atoms with Crippen molar-refractivity contribution in [1.29, 1.82) is 0 Å². The Balaban J connectivity index is 2.88. The van der Waals surface area contributed by atoms with Gasteiger partial charge in [-0.25, -0.2) is 0 Å². The van der Waals surface area contributed by atoms with Crippen LogP contribution in [0.1, 0.15) is 31.7 Å². The van der Waals surface area contributed by atoms with E-state index >= 15 is 0 Å². The predicted molar refractivity (Wildman–Crippen MR) is 67.9 cm³/mol. The molecule has 1 atom stereocenters. The zero-order chi connectivity index (χ0) is 10.6. The minimum absolute atomic E-state index is 0.347. The van der Waals surface area contributed by atoms with Crippen molar-refractivity contribution in [2.24, 2.45) is 0 Å². The predicted octanol–water partition coefficient (Wildman–Crippen LogP) is 4.13. The molecule has 14 heavy (non-hydrogen) atoms. The summed E-state index contributed by atoms with van der Waals surface area (Å²) >= 11 is 5.35. The molecule has 0 fully saturated rings. The molecule has 0 saturated heterocycles. The highest BCUT2D eigenvalue weighted by Gasteiger charge is 2.11. The molecule has 0 aliphatic carbocycles. The highest BCUT2D eigenvalue weighted by atomic mass is 79.9. The molecule has 0 radical (unpaired) electrons. The van der Waals surface area contributed by atoms with Crippen LogP contribution in [-0.2, 0) is 0 Å². The Labute approximate surface area is 98.4 Å². The number of thiophene rings is 1. The van der Waals surface area contributed by atoms with Crippen LogP contribution in [0, 0.1) is 0 Å². The molecule has 1 rings (SSSR count). The van der Waals surface area contributed by atoms with Gasteiger partial charge in [0.05, 0.1) is 6.04 Å². The maximum atomic E-state index is 3.57. The molecule has 78 valence electrons. The fourth-order valence-electron chi connectivity index (χ4n) is 1.31. The normalized spacial score (nSPS) is 12.6. The van der Waals surface area contributed by atoms with E-state index < -0.39 is 0 Å². The summed E-state index contributed by atoms with van der Waals surface area (Å²) in [7, 11) is 0. The second-order valence-electron chi connectivity index (χ2n) is 3.41. The highest BCUT2D eigenvalue weighted by Crippen LogP contribution is 2.30. The fourth-order valence-corrected chi connectivity index (χ4v) is 2.97. The van der Waals surface area contributed by atoms with Gasteiger partial charge in [0.2, 0.25) is 0 Å². The van der Waals surface area contributed by atoms with Gasteiger partial charge in [-0.1, -0.05) is 18.6 Å². The third kappa shape index (κ3) is 3.23. The molecule has 1 aromatic heterocycles. The van der Waals surface area contributed by atoms with Gasteiger partial charge in [-0.05, 0) is 47.8 Å². The molecule has 1 heterocycles. The molecule has 0 spiro atoms. The lowest BCUT2D eigenvalue weighted by Gasteiger charge is -2.13. The Morgan fingerprint density at radius 1 is 1.64 bits per heavy atom. The van der Waals surface area contributed by atoms with Gasteiger partial charge < -0.3 is 5.32 Å².